The number of aryl methyl sites for hydroxylation is 1. The first-order valence-corrected chi connectivity index (χ1v) is 10.4. The van der Waals surface area contributed by atoms with Gasteiger partial charge in [0.05, 0.1) is 37.1 Å². The summed E-state index contributed by atoms with van der Waals surface area (Å²) in [6, 6.07) is -0.278. The summed E-state index contributed by atoms with van der Waals surface area (Å²) in [7, 11) is -3.64. The number of amides is 2. The molecule has 2 atom stereocenters. The summed E-state index contributed by atoms with van der Waals surface area (Å²) in [4.78, 5) is 28.7. The minimum absolute atomic E-state index is 0.0588. The van der Waals surface area contributed by atoms with Gasteiger partial charge in [-0.25, -0.2) is 9.78 Å². The van der Waals surface area contributed by atoms with Crippen molar-refractivity contribution in [2.24, 2.45) is 5.73 Å². The quantitative estimate of drug-likeness (QED) is 0.355. The van der Waals surface area contributed by atoms with Crippen LogP contribution in [0.1, 0.15) is 18.5 Å². The molecule has 0 bridgehead atoms. The Kier molecular flexibility index (Phi) is 7.35. The molecule has 2 amide bonds. The number of aromatic nitrogens is 2. The van der Waals surface area contributed by atoms with E-state index >= 15 is 0 Å². The number of nitrogens with two attached hydrogens (primary N) is 1. The molecule has 0 aliphatic carbocycles. The summed E-state index contributed by atoms with van der Waals surface area (Å²) in [6.07, 6.45) is 8.09. The van der Waals surface area contributed by atoms with Gasteiger partial charge in [0.25, 0.3) is 10.1 Å². The second-order valence-corrected chi connectivity index (χ2v) is 7.97. The maximum Gasteiger partial charge on any atom is 0.410 e. The highest BCUT2D eigenvalue weighted by Crippen LogP contribution is 2.25. The van der Waals surface area contributed by atoms with Crippen LogP contribution in [0.4, 0.5) is 4.79 Å². The largest absolute Gasteiger partial charge is 0.445 e. The normalized spacial score (nSPS) is 19.8. The van der Waals surface area contributed by atoms with E-state index in [2.05, 4.69) is 11.6 Å². The lowest BCUT2D eigenvalue weighted by atomic mass is 10.1. The Balaban J connectivity index is 2.07. The number of carbonyl (C=O) groups excluding carboxylic acids is 2. The van der Waals surface area contributed by atoms with Crippen molar-refractivity contribution in [2.45, 2.75) is 31.5 Å². The van der Waals surface area contributed by atoms with Gasteiger partial charge in [-0.3, -0.25) is 8.98 Å². The Morgan fingerprint density at radius 1 is 1.46 bits per heavy atom. The highest BCUT2D eigenvalue weighted by atomic mass is 32.2. The molecule has 0 spiro atoms. The van der Waals surface area contributed by atoms with Gasteiger partial charge in [0.2, 0.25) is 5.91 Å². The van der Waals surface area contributed by atoms with Crippen LogP contribution in [0.3, 0.4) is 0 Å². The number of imidazole rings is 1. The minimum atomic E-state index is -3.64. The lowest BCUT2D eigenvalue weighted by Crippen LogP contribution is -2.37. The van der Waals surface area contributed by atoms with E-state index in [1.54, 1.807) is 23.2 Å². The Labute approximate surface area is 163 Å². The summed E-state index contributed by atoms with van der Waals surface area (Å²) in [5.41, 5.74) is 5.79. The van der Waals surface area contributed by atoms with Gasteiger partial charge in [-0.05, 0) is 18.9 Å². The van der Waals surface area contributed by atoms with Crippen LogP contribution in [0.25, 0.3) is 6.08 Å². The van der Waals surface area contributed by atoms with Crippen LogP contribution >= 0.6 is 0 Å². The van der Waals surface area contributed by atoms with E-state index in [9.17, 15) is 18.0 Å². The zero-order valence-corrected chi connectivity index (χ0v) is 16.4. The summed E-state index contributed by atoms with van der Waals surface area (Å²) in [5.74, 6) is -0.569. The van der Waals surface area contributed by atoms with Gasteiger partial charge in [-0.2, -0.15) is 8.42 Å². The van der Waals surface area contributed by atoms with E-state index in [1.165, 1.54) is 17.1 Å². The molecule has 1 aliphatic heterocycles. The number of primary amides is 1. The topological polar surface area (TPSA) is 134 Å². The maximum absolute atomic E-state index is 12.3. The van der Waals surface area contributed by atoms with Crippen LogP contribution < -0.4 is 5.73 Å². The number of hydrogen-bond donors (Lipinski definition) is 1. The van der Waals surface area contributed by atoms with E-state index in [4.69, 9.17) is 14.7 Å². The Morgan fingerprint density at radius 2 is 2.21 bits per heavy atom. The highest BCUT2D eigenvalue weighted by Gasteiger charge is 2.38. The molecular formula is C17H24N4O6S. The van der Waals surface area contributed by atoms with Gasteiger partial charge >= 0.3 is 6.09 Å². The van der Waals surface area contributed by atoms with Gasteiger partial charge in [0.1, 0.15) is 6.61 Å². The van der Waals surface area contributed by atoms with E-state index in [0.29, 0.717) is 25.1 Å². The molecule has 1 aromatic rings. The van der Waals surface area contributed by atoms with Crippen LogP contribution in [-0.2, 0) is 30.4 Å². The molecule has 154 valence electrons. The second-order valence-electron chi connectivity index (χ2n) is 6.37. The van der Waals surface area contributed by atoms with Crippen LogP contribution in [0.5, 0.6) is 0 Å². The predicted octanol–water partition coefficient (Wildman–Crippen LogP) is 0.513. The molecule has 1 fully saturated rings. The average molecular weight is 412 g/mol. The van der Waals surface area contributed by atoms with Crippen LogP contribution in [0.2, 0.25) is 0 Å². The summed E-state index contributed by atoms with van der Waals surface area (Å²) >= 11 is 0. The minimum Gasteiger partial charge on any atom is -0.445 e. The summed E-state index contributed by atoms with van der Waals surface area (Å²) in [6.45, 7) is 4.16. The van der Waals surface area contributed by atoms with Crippen LogP contribution in [-0.4, -0.2) is 66.4 Å². The molecule has 1 aliphatic rings. The maximum atomic E-state index is 12.3. The summed E-state index contributed by atoms with van der Waals surface area (Å²) < 4.78 is 34.8. The molecule has 1 saturated heterocycles. The predicted molar refractivity (Wildman–Crippen MR) is 101 cm³/mol. The van der Waals surface area contributed by atoms with Crippen molar-refractivity contribution in [2.75, 3.05) is 19.4 Å². The molecule has 2 rings (SSSR count). The number of likely N-dealkylation sites (tertiary alicyclic amines) is 1. The first-order valence-electron chi connectivity index (χ1n) is 8.59. The molecular weight excluding hydrogens is 388 g/mol. The molecule has 28 heavy (non-hydrogen) atoms. The molecule has 0 saturated carbocycles. The van der Waals surface area contributed by atoms with E-state index in [1.807, 2.05) is 0 Å². The molecule has 11 heteroatoms. The van der Waals surface area contributed by atoms with E-state index in [-0.39, 0.29) is 19.2 Å². The first kappa shape index (κ1) is 21.6. The van der Waals surface area contributed by atoms with Crippen molar-refractivity contribution >= 4 is 28.2 Å². The third kappa shape index (κ3) is 6.50. The highest BCUT2D eigenvalue weighted by molar-refractivity contribution is 7.86. The molecule has 1 aromatic heterocycles. The van der Waals surface area contributed by atoms with Gasteiger partial charge in [-0.1, -0.05) is 12.7 Å². The van der Waals surface area contributed by atoms with E-state index in [0.717, 1.165) is 6.26 Å². The van der Waals surface area contributed by atoms with Crippen LogP contribution in [0, 0.1) is 0 Å². The number of ether oxygens (including phenoxy) is 1. The Morgan fingerprint density at radius 3 is 2.86 bits per heavy atom. The number of hydrogen-bond acceptors (Lipinski definition) is 7. The number of rotatable bonds is 9. The fraction of sp³-hybridized carbons (Fsp3) is 0.471. The SMILES string of the molecule is C=CCOC(=O)N1C[C@H](OS(C)(=O)=O)C[C@H]1CCn1cncc1/C=C/C(N)=O. The number of nitrogens with zero attached hydrogens (tertiary/aromatic N) is 3. The smallest absolute Gasteiger partial charge is 0.410 e. The number of carbonyl (C=O) groups is 2. The zero-order valence-electron chi connectivity index (χ0n) is 15.6. The van der Waals surface area contributed by atoms with Crippen LogP contribution in [0.15, 0.2) is 31.3 Å². The second kappa shape index (κ2) is 9.51. The van der Waals surface area contributed by atoms with Crippen molar-refractivity contribution in [3.63, 3.8) is 0 Å². The average Bonchev–Trinajstić information content (AvgIpc) is 3.20. The van der Waals surface area contributed by atoms with Crippen molar-refractivity contribution < 1.29 is 26.9 Å². The fourth-order valence-corrected chi connectivity index (χ4v) is 3.65. The van der Waals surface area contributed by atoms with Gasteiger partial charge in [-0.15, -0.1) is 0 Å². The fourth-order valence-electron chi connectivity index (χ4n) is 3.01. The van der Waals surface area contributed by atoms with Crippen molar-refractivity contribution in [1.29, 1.82) is 0 Å². The lowest BCUT2D eigenvalue weighted by Gasteiger charge is -2.23. The molecule has 0 radical (unpaired) electrons. The molecule has 0 unspecified atom stereocenters. The first-order chi connectivity index (χ1) is 13.2. The Hall–Kier alpha value is -2.66. The molecule has 10 nitrogen and oxygen atoms in total. The molecule has 0 aromatic carbocycles. The zero-order chi connectivity index (χ0) is 20.7. The Bertz CT molecular complexity index is 848. The lowest BCUT2D eigenvalue weighted by molar-refractivity contribution is -0.113. The third-order valence-electron chi connectivity index (χ3n) is 4.11. The van der Waals surface area contributed by atoms with Gasteiger partial charge in [0.15, 0.2) is 0 Å². The summed E-state index contributed by atoms with van der Waals surface area (Å²) in [5, 5.41) is 0. The monoisotopic (exact) mass is 412 g/mol. The van der Waals surface area contributed by atoms with Crippen molar-refractivity contribution in [3.05, 3.63) is 36.9 Å². The molecule has 2 heterocycles. The standard InChI is InChI=1S/C17H24N4O6S/c1-3-8-26-17(23)21-11-15(27-28(2,24)25)9-13(21)6-7-20-12-19-10-14(20)4-5-16(18)22/h3-5,10,12-13,15H,1,6-9,11H2,2H3,(H2,18,22)/b5-4+/t13-,15-/m1/s1. The van der Waals surface area contributed by atoms with Crippen molar-refractivity contribution in [3.8, 4) is 0 Å². The van der Waals surface area contributed by atoms with E-state index < -0.39 is 28.2 Å². The third-order valence-corrected chi connectivity index (χ3v) is 4.73. The van der Waals surface area contributed by atoms with Gasteiger partial charge < -0.3 is 19.9 Å². The van der Waals surface area contributed by atoms with Gasteiger partial charge in [0, 0.05) is 18.7 Å². The molecule has 2 N–H and O–H groups in total. The van der Waals surface area contributed by atoms with Crippen molar-refractivity contribution in [1.82, 2.24) is 14.5 Å².